The molecule has 1 unspecified atom stereocenters. The Morgan fingerprint density at radius 3 is 2.20 bits per heavy atom. The van der Waals surface area contributed by atoms with E-state index in [-0.39, 0.29) is 17.7 Å². The van der Waals surface area contributed by atoms with Crippen LogP contribution in [0.3, 0.4) is 0 Å². The Balaban J connectivity index is 0.00000196. The molecule has 0 spiro atoms. The van der Waals surface area contributed by atoms with E-state index in [0.717, 1.165) is 0 Å². The summed E-state index contributed by atoms with van der Waals surface area (Å²) in [4.78, 5) is 22.8. The number of benzene rings is 1. The van der Waals surface area contributed by atoms with Gasteiger partial charge in [-0.1, -0.05) is 36.4 Å². The molecule has 0 heterocycles. The molecule has 0 saturated heterocycles. The average molecular weight is 205 g/mol. The summed E-state index contributed by atoms with van der Waals surface area (Å²) in [5.74, 6) is -1.07. The number of hydrogen-bond donors (Lipinski definition) is 1. The molecule has 0 amide bonds. The number of carbonyl (C=O) groups excluding carboxylic acids is 2. The van der Waals surface area contributed by atoms with Gasteiger partial charge in [0.2, 0.25) is 0 Å². The fourth-order valence-electron chi connectivity index (χ4n) is 1.24. The summed E-state index contributed by atoms with van der Waals surface area (Å²) in [5, 5.41) is 0. The Hall–Kier alpha value is -1.74. The van der Waals surface area contributed by atoms with Crippen molar-refractivity contribution in [2.45, 2.75) is 6.92 Å². The van der Waals surface area contributed by atoms with Gasteiger partial charge in [0, 0.05) is 5.56 Å². The van der Waals surface area contributed by atoms with Gasteiger partial charge in [-0.15, -0.1) is 6.58 Å². The summed E-state index contributed by atoms with van der Waals surface area (Å²) in [6.45, 7) is 4.88. The minimum atomic E-state index is -0.711. The SMILES string of the molecule is C=CC(C(C)=O)C(=O)c1ccccc1.N. The zero-order valence-electron chi connectivity index (χ0n) is 8.77. The molecule has 0 radical (unpaired) electrons. The lowest BCUT2D eigenvalue weighted by atomic mass is 9.95. The first-order valence-electron chi connectivity index (χ1n) is 4.39. The van der Waals surface area contributed by atoms with Crippen LogP contribution in [0.25, 0.3) is 0 Å². The summed E-state index contributed by atoms with van der Waals surface area (Å²) in [7, 11) is 0. The Kier molecular flexibility index (Phi) is 5.20. The first-order valence-corrected chi connectivity index (χ1v) is 4.39. The van der Waals surface area contributed by atoms with E-state index < -0.39 is 5.92 Å². The molecule has 3 heteroatoms. The van der Waals surface area contributed by atoms with Crippen LogP contribution in [-0.2, 0) is 4.79 Å². The molecule has 0 fully saturated rings. The number of allylic oxidation sites excluding steroid dienone is 1. The van der Waals surface area contributed by atoms with Crippen molar-refractivity contribution in [3.8, 4) is 0 Å². The smallest absolute Gasteiger partial charge is 0.177 e. The van der Waals surface area contributed by atoms with Crippen LogP contribution in [0.1, 0.15) is 17.3 Å². The van der Waals surface area contributed by atoms with Crippen molar-refractivity contribution in [1.82, 2.24) is 6.15 Å². The maximum Gasteiger partial charge on any atom is 0.177 e. The molecule has 0 saturated carbocycles. The molecule has 1 aromatic rings. The van der Waals surface area contributed by atoms with E-state index in [1.807, 2.05) is 6.07 Å². The molecular formula is C12H15NO2. The predicted molar refractivity (Wildman–Crippen MR) is 60.2 cm³/mol. The zero-order chi connectivity index (χ0) is 10.6. The lowest BCUT2D eigenvalue weighted by Crippen LogP contribution is -2.19. The Morgan fingerprint density at radius 1 is 1.27 bits per heavy atom. The molecule has 0 aliphatic carbocycles. The van der Waals surface area contributed by atoms with E-state index in [4.69, 9.17) is 0 Å². The highest BCUT2D eigenvalue weighted by Crippen LogP contribution is 2.10. The summed E-state index contributed by atoms with van der Waals surface area (Å²) in [6.07, 6.45) is 1.39. The molecule has 3 nitrogen and oxygen atoms in total. The highest BCUT2D eigenvalue weighted by atomic mass is 16.1. The average Bonchev–Trinajstić information content (AvgIpc) is 2.19. The largest absolute Gasteiger partial charge is 0.344 e. The lowest BCUT2D eigenvalue weighted by molar-refractivity contribution is -0.118. The molecule has 80 valence electrons. The van der Waals surface area contributed by atoms with Crippen LogP contribution in [0.4, 0.5) is 0 Å². The van der Waals surface area contributed by atoms with E-state index in [1.54, 1.807) is 24.3 Å². The van der Waals surface area contributed by atoms with Crippen molar-refractivity contribution >= 4 is 11.6 Å². The monoisotopic (exact) mass is 205 g/mol. The quantitative estimate of drug-likeness (QED) is 0.466. The standard InChI is InChI=1S/C12H12O2.H3N/c1-3-11(9(2)13)12(14)10-7-5-4-6-8-10;/h3-8,11H,1H2,2H3;1H3. The van der Waals surface area contributed by atoms with Crippen molar-refractivity contribution in [3.05, 3.63) is 48.6 Å². The van der Waals surface area contributed by atoms with Gasteiger partial charge in [0.05, 0.1) is 5.92 Å². The van der Waals surface area contributed by atoms with Gasteiger partial charge in [-0.3, -0.25) is 9.59 Å². The number of Topliss-reactive ketones (excluding diaryl/α,β-unsaturated/α-hetero) is 2. The van der Waals surface area contributed by atoms with Crippen molar-refractivity contribution in [1.29, 1.82) is 0 Å². The normalized spacial score (nSPS) is 11.0. The molecule has 1 aromatic carbocycles. The highest BCUT2D eigenvalue weighted by molar-refractivity contribution is 6.11. The summed E-state index contributed by atoms with van der Waals surface area (Å²) in [5.41, 5.74) is 0.549. The number of carbonyl (C=O) groups is 2. The van der Waals surface area contributed by atoms with E-state index >= 15 is 0 Å². The maximum absolute atomic E-state index is 11.7. The molecule has 1 rings (SSSR count). The summed E-state index contributed by atoms with van der Waals surface area (Å²) in [6, 6.07) is 8.76. The second kappa shape index (κ2) is 5.88. The van der Waals surface area contributed by atoms with Crippen molar-refractivity contribution in [3.63, 3.8) is 0 Å². The molecule has 15 heavy (non-hydrogen) atoms. The third-order valence-corrected chi connectivity index (χ3v) is 2.01. The lowest BCUT2D eigenvalue weighted by Gasteiger charge is -2.06. The van der Waals surface area contributed by atoms with Crippen LogP contribution >= 0.6 is 0 Å². The van der Waals surface area contributed by atoms with Gasteiger partial charge < -0.3 is 6.15 Å². The van der Waals surface area contributed by atoms with E-state index in [9.17, 15) is 9.59 Å². The van der Waals surface area contributed by atoms with Crippen LogP contribution < -0.4 is 6.15 Å². The fraction of sp³-hybridized carbons (Fsp3) is 0.167. The maximum atomic E-state index is 11.7. The summed E-state index contributed by atoms with van der Waals surface area (Å²) >= 11 is 0. The topological polar surface area (TPSA) is 69.1 Å². The van der Waals surface area contributed by atoms with Gasteiger partial charge in [-0.2, -0.15) is 0 Å². The molecule has 0 aliphatic rings. The fourth-order valence-corrected chi connectivity index (χ4v) is 1.24. The van der Waals surface area contributed by atoms with Gasteiger partial charge >= 0.3 is 0 Å². The van der Waals surface area contributed by atoms with Gasteiger partial charge in [0.1, 0.15) is 5.78 Å². The van der Waals surface area contributed by atoms with E-state index in [2.05, 4.69) is 6.58 Å². The molecule has 0 bridgehead atoms. The number of hydrogen-bond acceptors (Lipinski definition) is 3. The van der Waals surface area contributed by atoms with Gasteiger partial charge in [-0.05, 0) is 6.92 Å². The van der Waals surface area contributed by atoms with Gasteiger partial charge in [0.25, 0.3) is 0 Å². The van der Waals surface area contributed by atoms with Crippen LogP contribution in [0.2, 0.25) is 0 Å². The molecular weight excluding hydrogens is 190 g/mol. The van der Waals surface area contributed by atoms with E-state index in [0.29, 0.717) is 5.56 Å². The minimum absolute atomic E-state index is 0. The van der Waals surface area contributed by atoms with Crippen LogP contribution in [0, 0.1) is 5.92 Å². The van der Waals surface area contributed by atoms with Gasteiger partial charge in [0.15, 0.2) is 5.78 Å². The second-order valence-corrected chi connectivity index (χ2v) is 3.05. The molecule has 0 aromatic heterocycles. The minimum Gasteiger partial charge on any atom is -0.344 e. The first kappa shape index (κ1) is 13.3. The van der Waals surface area contributed by atoms with Crippen LogP contribution in [0.15, 0.2) is 43.0 Å². The van der Waals surface area contributed by atoms with Crippen molar-refractivity contribution in [2.24, 2.45) is 5.92 Å². The third kappa shape index (κ3) is 3.14. The van der Waals surface area contributed by atoms with E-state index in [1.165, 1.54) is 13.0 Å². The van der Waals surface area contributed by atoms with Gasteiger partial charge in [-0.25, -0.2) is 0 Å². The third-order valence-electron chi connectivity index (χ3n) is 2.01. The highest BCUT2D eigenvalue weighted by Gasteiger charge is 2.20. The number of rotatable bonds is 4. The van der Waals surface area contributed by atoms with Crippen LogP contribution in [0.5, 0.6) is 0 Å². The second-order valence-electron chi connectivity index (χ2n) is 3.05. The summed E-state index contributed by atoms with van der Waals surface area (Å²) < 4.78 is 0. The van der Waals surface area contributed by atoms with Crippen molar-refractivity contribution < 1.29 is 9.59 Å². The first-order chi connectivity index (χ1) is 6.66. The van der Waals surface area contributed by atoms with Crippen LogP contribution in [-0.4, -0.2) is 11.6 Å². The van der Waals surface area contributed by atoms with Crippen molar-refractivity contribution in [2.75, 3.05) is 0 Å². The Labute approximate surface area is 89.4 Å². The Bertz CT molecular complexity index is 357. The predicted octanol–water partition coefficient (Wildman–Crippen LogP) is 2.42. The Morgan fingerprint density at radius 2 is 1.80 bits per heavy atom. The number of ketones is 2. The molecule has 1 atom stereocenters. The molecule has 0 aliphatic heterocycles. The molecule has 3 N–H and O–H groups in total. The zero-order valence-corrected chi connectivity index (χ0v) is 8.77.